The van der Waals surface area contributed by atoms with Crippen molar-refractivity contribution in [3.63, 3.8) is 0 Å². The molecule has 1 aromatic heterocycles. The van der Waals surface area contributed by atoms with E-state index in [1.807, 2.05) is 0 Å². The molecule has 2 bridgehead atoms. The number of aromatic nitrogens is 2. The van der Waals surface area contributed by atoms with Gasteiger partial charge in [-0.1, -0.05) is 6.92 Å². The van der Waals surface area contributed by atoms with Crippen LogP contribution in [-0.2, 0) is 0 Å². The van der Waals surface area contributed by atoms with Crippen molar-refractivity contribution in [2.75, 3.05) is 13.7 Å². The molecule has 0 aliphatic heterocycles. The molecule has 1 heterocycles. The van der Waals surface area contributed by atoms with Crippen molar-refractivity contribution in [1.29, 1.82) is 0 Å². The van der Waals surface area contributed by atoms with Gasteiger partial charge in [0.15, 0.2) is 0 Å². The van der Waals surface area contributed by atoms with Crippen LogP contribution < -0.4 is 10.1 Å². The van der Waals surface area contributed by atoms with E-state index in [0.717, 1.165) is 41.8 Å². The van der Waals surface area contributed by atoms with Crippen molar-refractivity contribution < 1.29 is 4.74 Å². The average molecular weight is 273 g/mol. The van der Waals surface area contributed by atoms with E-state index in [-0.39, 0.29) is 0 Å². The molecule has 3 aliphatic carbocycles. The molecule has 4 rings (SSSR count). The second-order valence-corrected chi connectivity index (χ2v) is 6.55. The van der Waals surface area contributed by atoms with Gasteiger partial charge in [-0.3, -0.25) is 4.98 Å². The first-order valence-corrected chi connectivity index (χ1v) is 7.93. The molecule has 4 nitrogen and oxygen atoms in total. The molecule has 1 aromatic rings. The Kier molecular flexibility index (Phi) is 2.95. The van der Waals surface area contributed by atoms with Crippen LogP contribution >= 0.6 is 0 Å². The smallest absolute Gasteiger partial charge is 0.237 e. The minimum Gasteiger partial charge on any atom is -0.480 e. The summed E-state index contributed by atoms with van der Waals surface area (Å²) in [6.07, 6.45) is 7.90. The van der Waals surface area contributed by atoms with E-state index < -0.39 is 0 Å². The highest BCUT2D eigenvalue weighted by Crippen LogP contribution is 2.72. The van der Waals surface area contributed by atoms with Crippen molar-refractivity contribution in [3.05, 3.63) is 18.1 Å². The van der Waals surface area contributed by atoms with E-state index in [1.54, 1.807) is 19.5 Å². The third-order valence-corrected chi connectivity index (χ3v) is 5.78. The maximum absolute atomic E-state index is 5.43. The second kappa shape index (κ2) is 4.69. The Morgan fingerprint density at radius 2 is 1.95 bits per heavy atom. The van der Waals surface area contributed by atoms with Crippen LogP contribution in [0.1, 0.15) is 37.9 Å². The number of ether oxygens (including phenoxy) is 1. The first kappa shape index (κ1) is 12.6. The summed E-state index contributed by atoms with van der Waals surface area (Å²) in [6.45, 7) is 3.14. The molecular formula is C16H23N3O. The lowest BCUT2D eigenvalue weighted by molar-refractivity contribution is 0.340. The van der Waals surface area contributed by atoms with Crippen LogP contribution in [0.5, 0.6) is 5.88 Å². The zero-order valence-corrected chi connectivity index (χ0v) is 12.2. The maximum Gasteiger partial charge on any atom is 0.237 e. The van der Waals surface area contributed by atoms with E-state index >= 15 is 0 Å². The lowest BCUT2D eigenvalue weighted by atomic mass is 9.95. The number of hydrogen-bond acceptors (Lipinski definition) is 4. The van der Waals surface area contributed by atoms with Crippen molar-refractivity contribution in [2.24, 2.45) is 29.6 Å². The molecular weight excluding hydrogens is 250 g/mol. The fourth-order valence-corrected chi connectivity index (χ4v) is 5.18. The summed E-state index contributed by atoms with van der Waals surface area (Å²) in [6, 6.07) is 0.321. The standard InChI is InChI=1S/C16H23N3O/c1-3-17-14(15-16(20-2)19-7-6-18-15)13-11-9-4-5-10(8-9)12(11)13/h6-7,9-14,17H,3-5,8H2,1-2H3. The van der Waals surface area contributed by atoms with Crippen molar-refractivity contribution in [3.8, 4) is 5.88 Å². The normalized spacial score (nSPS) is 38.6. The first-order chi connectivity index (χ1) is 9.85. The van der Waals surface area contributed by atoms with Crippen LogP contribution in [0, 0.1) is 29.6 Å². The molecule has 0 amide bonds. The molecule has 108 valence electrons. The van der Waals surface area contributed by atoms with Gasteiger partial charge in [0.25, 0.3) is 0 Å². The van der Waals surface area contributed by atoms with E-state index in [9.17, 15) is 0 Å². The number of methoxy groups -OCH3 is 1. The van der Waals surface area contributed by atoms with E-state index in [4.69, 9.17) is 4.74 Å². The molecule has 5 atom stereocenters. The van der Waals surface area contributed by atoms with E-state index in [1.165, 1.54) is 19.3 Å². The van der Waals surface area contributed by atoms with E-state index in [0.29, 0.717) is 11.9 Å². The van der Waals surface area contributed by atoms with Crippen molar-refractivity contribution in [2.45, 2.75) is 32.2 Å². The zero-order valence-electron chi connectivity index (χ0n) is 12.2. The van der Waals surface area contributed by atoms with E-state index in [2.05, 4.69) is 22.2 Å². The van der Waals surface area contributed by atoms with Gasteiger partial charge in [0, 0.05) is 12.4 Å². The SMILES string of the molecule is CCNC(c1nccnc1OC)C1C2C3CCC(C3)C21. The van der Waals surface area contributed by atoms with Crippen LogP contribution in [0.4, 0.5) is 0 Å². The summed E-state index contributed by atoms with van der Waals surface area (Å²) in [5, 5.41) is 3.65. The summed E-state index contributed by atoms with van der Waals surface area (Å²) in [5.41, 5.74) is 1.01. The van der Waals surface area contributed by atoms with Gasteiger partial charge in [0.1, 0.15) is 5.69 Å². The Morgan fingerprint density at radius 3 is 2.60 bits per heavy atom. The predicted octanol–water partition coefficient (Wildman–Crippen LogP) is 2.43. The molecule has 3 aliphatic rings. The molecule has 5 unspecified atom stereocenters. The summed E-state index contributed by atoms with van der Waals surface area (Å²) in [4.78, 5) is 8.91. The Balaban J connectivity index is 1.63. The van der Waals surface area contributed by atoms with Crippen molar-refractivity contribution in [1.82, 2.24) is 15.3 Å². The number of rotatable bonds is 5. The number of hydrogen-bond donors (Lipinski definition) is 1. The topological polar surface area (TPSA) is 47.0 Å². The predicted molar refractivity (Wildman–Crippen MR) is 76.3 cm³/mol. The molecule has 1 N–H and O–H groups in total. The molecule has 0 spiro atoms. The van der Waals surface area contributed by atoms with Gasteiger partial charge in [0.2, 0.25) is 5.88 Å². The highest BCUT2D eigenvalue weighted by atomic mass is 16.5. The molecule has 0 saturated heterocycles. The zero-order chi connectivity index (χ0) is 13.7. The lowest BCUT2D eigenvalue weighted by Crippen LogP contribution is -2.27. The Hall–Kier alpha value is -1.16. The Morgan fingerprint density at radius 1 is 1.25 bits per heavy atom. The Labute approximate surface area is 120 Å². The van der Waals surface area contributed by atoms with Gasteiger partial charge in [-0.25, -0.2) is 4.98 Å². The third kappa shape index (κ3) is 1.70. The fourth-order valence-electron chi connectivity index (χ4n) is 5.18. The summed E-state index contributed by atoms with van der Waals surface area (Å²) in [5.74, 6) is 5.29. The average Bonchev–Trinajstić information content (AvgIpc) is 2.90. The van der Waals surface area contributed by atoms with Gasteiger partial charge in [0.05, 0.1) is 13.2 Å². The summed E-state index contributed by atoms with van der Waals surface area (Å²) < 4.78 is 5.43. The van der Waals surface area contributed by atoms with Gasteiger partial charge < -0.3 is 10.1 Å². The highest BCUT2D eigenvalue weighted by Gasteiger charge is 2.67. The fraction of sp³-hybridized carbons (Fsp3) is 0.750. The largest absolute Gasteiger partial charge is 0.480 e. The van der Waals surface area contributed by atoms with Crippen LogP contribution in [-0.4, -0.2) is 23.6 Å². The van der Waals surface area contributed by atoms with Crippen LogP contribution in [0.25, 0.3) is 0 Å². The molecule has 0 aromatic carbocycles. The lowest BCUT2D eigenvalue weighted by Gasteiger charge is -2.22. The maximum atomic E-state index is 5.43. The molecule has 20 heavy (non-hydrogen) atoms. The molecule has 0 radical (unpaired) electrons. The first-order valence-electron chi connectivity index (χ1n) is 7.93. The highest BCUT2D eigenvalue weighted by molar-refractivity contribution is 5.27. The van der Waals surface area contributed by atoms with Gasteiger partial charge in [-0.15, -0.1) is 0 Å². The van der Waals surface area contributed by atoms with Gasteiger partial charge in [-0.05, 0) is 55.4 Å². The number of nitrogens with one attached hydrogen (secondary N) is 1. The monoisotopic (exact) mass is 273 g/mol. The second-order valence-electron chi connectivity index (χ2n) is 6.55. The van der Waals surface area contributed by atoms with Crippen molar-refractivity contribution >= 4 is 0 Å². The molecule has 3 fully saturated rings. The number of nitrogens with zero attached hydrogens (tertiary/aromatic N) is 2. The Bertz CT molecular complexity index is 490. The molecule has 3 saturated carbocycles. The summed E-state index contributed by atoms with van der Waals surface area (Å²) >= 11 is 0. The van der Waals surface area contributed by atoms with Crippen LogP contribution in [0.2, 0.25) is 0 Å². The molecule has 4 heteroatoms. The van der Waals surface area contributed by atoms with Crippen LogP contribution in [0.15, 0.2) is 12.4 Å². The van der Waals surface area contributed by atoms with Gasteiger partial charge >= 0.3 is 0 Å². The minimum absolute atomic E-state index is 0.321. The van der Waals surface area contributed by atoms with Gasteiger partial charge in [-0.2, -0.15) is 0 Å². The minimum atomic E-state index is 0.321. The number of fused-ring (bicyclic) bond motifs is 5. The van der Waals surface area contributed by atoms with Crippen LogP contribution in [0.3, 0.4) is 0 Å². The summed E-state index contributed by atoms with van der Waals surface area (Å²) in [7, 11) is 1.69. The third-order valence-electron chi connectivity index (χ3n) is 5.78. The quantitative estimate of drug-likeness (QED) is 0.895.